The number of fused-ring (bicyclic) bond motifs is 3. The minimum Gasteiger partial charge on any atom is -0.500 e. The van der Waals surface area contributed by atoms with E-state index in [9.17, 15) is 0 Å². The van der Waals surface area contributed by atoms with Crippen molar-refractivity contribution in [3.05, 3.63) is 155 Å². The summed E-state index contributed by atoms with van der Waals surface area (Å²) in [5.74, 6) is 0.979. The molecule has 46 heavy (non-hydrogen) atoms. The zero-order chi connectivity index (χ0) is 31.3. The van der Waals surface area contributed by atoms with Gasteiger partial charge in [-0.15, -0.1) is 59.2 Å². The van der Waals surface area contributed by atoms with E-state index in [0.29, 0.717) is 11.8 Å². The third-order valence-electron chi connectivity index (χ3n) is 8.26. The maximum atomic E-state index is 5.91. The summed E-state index contributed by atoms with van der Waals surface area (Å²) < 4.78 is 5.91. The van der Waals surface area contributed by atoms with E-state index in [1.807, 2.05) is 48.8 Å². The Kier molecular flexibility index (Phi) is 10.6. The normalized spacial score (nSPS) is 11.6. The molecule has 0 bridgehead atoms. The molecule has 3 heterocycles. The van der Waals surface area contributed by atoms with Gasteiger partial charge in [0.15, 0.2) is 0 Å². The van der Waals surface area contributed by atoms with Crippen LogP contribution >= 0.6 is 0 Å². The number of benzene rings is 4. The molecule has 233 valence electrons. The van der Waals surface area contributed by atoms with Crippen molar-refractivity contribution >= 4 is 21.9 Å². The quantitative estimate of drug-likeness (QED) is 0.158. The van der Waals surface area contributed by atoms with Gasteiger partial charge in [0.2, 0.25) is 0 Å². The van der Waals surface area contributed by atoms with Gasteiger partial charge in [0.25, 0.3) is 0 Å². The second-order valence-electron chi connectivity index (χ2n) is 12.2. The van der Waals surface area contributed by atoms with Gasteiger partial charge in [-0.2, -0.15) is 0 Å². The van der Waals surface area contributed by atoms with Crippen molar-refractivity contribution in [3.8, 4) is 22.5 Å². The van der Waals surface area contributed by atoms with Crippen molar-refractivity contribution in [3.63, 3.8) is 0 Å². The van der Waals surface area contributed by atoms with Crippen LogP contribution in [0.5, 0.6) is 0 Å². The summed E-state index contributed by atoms with van der Waals surface area (Å²) in [5, 5.41) is 2.22. The van der Waals surface area contributed by atoms with E-state index in [1.54, 1.807) is 0 Å². The summed E-state index contributed by atoms with van der Waals surface area (Å²) in [4.78, 5) is 9.11. The molecule has 0 N–H and O–H groups in total. The molecule has 0 fully saturated rings. The topological polar surface area (TPSA) is 38.9 Å². The van der Waals surface area contributed by atoms with E-state index in [2.05, 4.69) is 123 Å². The van der Waals surface area contributed by atoms with Gasteiger partial charge in [-0.1, -0.05) is 99.3 Å². The summed E-state index contributed by atoms with van der Waals surface area (Å²) in [6, 6.07) is 42.0. The first-order valence-corrected chi connectivity index (χ1v) is 15.6. The number of pyridine rings is 2. The molecule has 7 rings (SSSR count). The van der Waals surface area contributed by atoms with Crippen LogP contribution in [-0.2, 0) is 26.5 Å². The second-order valence-corrected chi connectivity index (χ2v) is 12.2. The fourth-order valence-electron chi connectivity index (χ4n) is 5.65. The fraction of sp³-hybridized carbons (Fsp3) is 0.190. The Labute approximate surface area is 286 Å². The minimum absolute atomic E-state index is 0. The number of furan rings is 1. The maximum Gasteiger partial charge on any atom is 0.120 e. The van der Waals surface area contributed by atoms with E-state index in [4.69, 9.17) is 4.42 Å². The van der Waals surface area contributed by atoms with Crippen molar-refractivity contribution in [1.82, 2.24) is 9.97 Å². The molecule has 1 atom stereocenters. The van der Waals surface area contributed by atoms with Crippen LogP contribution in [0.15, 0.2) is 120 Å². The van der Waals surface area contributed by atoms with Gasteiger partial charge >= 0.3 is 0 Å². The van der Waals surface area contributed by atoms with Gasteiger partial charge in [-0.3, -0.25) is 0 Å². The molecule has 1 radical (unpaired) electrons. The number of para-hydroxylation sites is 1. The SMILES string of the molecule is CC(c1ccccc1)c1ccnc(-c2[c-]cc3oc4ccccc4c3c2)c1.Cc1c[c-]c(-c2cc(CC(C)C)c(C)cn2)cc1.[Ir]. The van der Waals surface area contributed by atoms with Crippen LogP contribution in [0, 0.1) is 31.9 Å². The molecule has 1 unspecified atom stereocenters. The zero-order valence-corrected chi connectivity index (χ0v) is 29.4. The summed E-state index contributed by atoms with van der Waals surface area (Å²) in [5.41, 5.74) is 12.2. The number of hydrogen-bond acceptors (Lipinski definition) is 3. The maximum absolute atomic E-state index is 5.91. The van der Waals surface area contributed by atoms with Crippen LogP contribution in [0.3, 0.4) is 0 Å². The molecule has 3 nitrogen and oxygen atoms in total. The average molecular weight is 779 g/mol. The van der Waals surface area contributed by atoms with Gasteiger partial charge in [-0.25, -0.2) is 0 Å². The predicted octanol–water partition coefficient (Wildman–Crippen LogP) is 11.0. The van der Waals surface area contributed by atoms with Crippen LogP contribution in [0.25, 0.3) is 44.5 Å². The molecule has 0 aliphatic carbocycles. The van der Waals surface area contributed by atoms with Gasteiger partial charge in [-0.05, 0) is 59.5 Å². The van der Waals surface area contributed by atoms with Gasteiger partial charge in [0.1, 0.15) is 5.58 Å². The van der Waals surface area contributed by atoms with E-state index in [-0.39, 0.29) is 20.1 Å². The largest absolute Gasteiger partial charge is 0.500 e. The van der Waals surface area contributed by atoms with Crippen LogP contribution in [0.4, 0.5) is 0 Å². The van der Waals surface area contributed by atoms with E-state index in [0.717, 1.165) is 50.9 Å². The summed E-state index contributed by atoms with van der Waals surface area (Å²) in [6.07, 6.45) is 4.96. The molecule has 0 saturated heterocycles. The molecule has 0 aliphatic rings. The Balaban J connectivity index is 0.000000193. The predicted molar refractivity (Wildman–Crippen MR) is 186 cm³/mol. The van der Waals surface area contributed by atoms with Gasteiger partial charge < -0.3 is 14.4 Å². The molecule has 3 aromatic heterocycles. The van der Waals surface area contributed by atoms with Crippen molar-refractivity contribution < 1.29 is 24.5 Å². The summed E-state index contributed by atoms with van der Waals surface area (Å²) in [7, 11) is 0. The first kappa shape index (κ1) is 33.0. The number of aromatic nitrogens is 2. The second kappa shape index (κ2) is 14.8. The Morgan fingerprint density at radius 1 is 0.674 bits per heavy atom. The zero-order valence-electron chi connectivity index (χ0n) is 27.0. The molecule has 0 saturated carbocycles. The number of rotatable bonds is 6. The van der Waals surface area contributed by atoms with Crippen molar-refractivity contribution in [2.75, 3.05) is 0 Å². The van der Waals surface area contributed by atoms with Crippen LogP contribution in [0.2, 0.25) is 0 Å². The molecule has 0 aliphatic heterocycles. The molecule has 4 heteroatoms. The van der Waals surface area contributed by atoms with Crippen molar-refractivity contribution in [1.29, 1.82) is 0 Å². The number of hydrogen-bond donors (Lipinski definition) is 0. The minimum atomic E-state index is 0. The standard InChI is InChI=1S/C25H18NO.C17H20N.Ir/c1-17(18-7-3-2-4-8-18)19-13-14-26-23(16-19)20-11-12-25-22(15-20)21-9-5-6-10-24(21)27-25;1-12(2)9-16-10-17(18-11-14(16)4)15-7-5-13(3)6-8-15;/h2-10,12-17H,1H3;5-7,10-12H,9H2,1-4H3;/q2*-1;. The van der Waals surface area contributed by atoms with Crippen LogP contribution in [-0.4, -0.2) is 9.97 Å². The Morgan fingerprint density at radius 2 is 1.41 bits per heavy atom. The number of nitrogens with zero attached hydrogens (tertiary/aromatic N) is 2. The third kappa shape index (κ3) is 7.53. The Hall–Kier alpha value is -4.37. The summed E-state index contributed by atoms with van der Waals surface area (Å²) in [6.45, 7) is 10.9. The van der Waals surface area contributed by atoms with Crippen LogP contribution in [0.1, 0.15) is 54.5 Å². The fourth-order valence-corrected chi connectivity index (χ4v) is 5.65. The first-order chi connectivity index (χ1) is 21.9. The first-order valence-electron chi connectivity index (χ1n) is 15.6. The van der Waals surface area contributed by atoms with Crippen LogP contribution < -0.4 is 0 Å². The van der Waals surface area contributed by atoms with Crippen molar-refractivity contribution in [2.24, 2.45) is 5.92 Å². The van der Waals surface area contributed by atoms with E-state index < -0.39 is 0 Å². The van der Waals surface area contributed by atoms with Gasteiger partial charge in [0.05, 0.1) is 5.58 Å². The van der Waals surface area contributed by atoms with Gasteiger partial charge in [0, 0.05) is 43.8 Å². The molecular weight excluding hydrogens is 741 g/mol. The Bertz CT molecular complexity index is 2050. The third-order valence-corrected chi connectivity index (χ3v) is 8.26. The average Bonchev–Trinajstić information content (AvgIpc) is 3.44. The molecule has 7 aromatic rings. The molecule has 0 amide bonds. The summed E-state index contributed by atoms with van der Waals surface area (Å²) >= 11 is 0. The molecule has 0 spiro atoms. The van der Waals surface area contributed by atoms with E-state index >= 15 is 0 Å². The van der Waals surface area contributed by atoms with E-state index in [1.165, 1.54) is 27.8 Å². The monoisotopic (exact) mass is 779 g/mol. The smallest absolute Gasteiger partial charge is 0.120 e. The van der Waals surface area contributed by atoms with Crippen molar-refractivity contribution in [2.45, 2.75) is 47.0 Å². The molecule has 4 aromatic carbocycles. The Morgan fingerprint density at radius 3 is 2.17 bits per heavy atom. The number of aryl methyl sites for hydroxylation is 2. The molecular formula is C42H38IrN2O-2.